The van der Waals surface area contributed by atoms with Crippen molar-refractivity contribution < 1.29 is 9.90 Å². The van der Waals surface area contributed by atoms with Crippen molar-refractivity contribution in [2.24, 2.45) is 0 Å². The van der Waals surface area contributed by atoms with Gasteiger partial charge in [-0.3, -0.25) is 4.79 Å². The Morgan fingerprint density at radius 3 is 2.50 bits per heavy atom. The van der Waals surface area contributed by atoms with Crippen molar-refractivity contribution >= 4 is 15.1 Å². The smallest absolute Gasteiger partial charge is 0.265 e. The summed E-state index contributed by atoms with van der Waals surface area (Å²) in [7, 11) is 0.0880. The van der Waals surface area contributed by atoms with Gasteiger partial charge in [0.1, 0.15) is 0 Å². The fraction of sp³-hybridized carbons (Fsp3) is 0.667. The van der Waals surface area contributed by atoms with Crippen LogP contribution in [-0.4, -0.2) is 20.2 Å². The molecule has 34 valence electrons. The van der Waals surface area contributed by atoms with Crippen LogP contribution in [0.3, 0.4) is 0 Å². The number of hydrogen-bond donors (Lipinski definition) is 1. The van der Waals surface area contributed by atoms with Gasteiger partial charge in [0.05, 0.1) is 0 Å². The lowest BCUT2D eigenvalue weighted by Gasteiger charge is -1.77. The van der Waals surface area contributed by atoms with Gasteiger partial charge in [-0.25, -0.2) is 0 Å². The number of carboxylic acid groups (broad SMARTS) is 1. The maximum Gasteiger partial charge on any atom is 0.265 e. The largest absolute Gasteiger partial charge is 0.486 e. The molecule has 1 N–H and O–H groups in total. The number of rotatable bonds is 2. The molecule has 0 unspecified atom stereocenters. The van der Waals surface area contributed by atoms with Gasteiger partial charge in [-0.05, 0) is 0 Å². The summed E-state index contributed by atoms with van der Waals surface area (Å²) in [5, 5.41) is 7.93. The number of hydrogen-bond acceptors (Lipinski definition) is 1. The lowest BCUT2D eigenvalue weighted by molar-refractivity contribution is 0.220. The highest BCUT2D eigenvalue weighted by molar-refractivity contribution is 6.71. The Morgan fingerprint density at radius 1 is 2.00 bits per heavy atom. The van der Waals surface area contributed by atoms with Crippen LogP contribution in [-0.2, 0) is 0 Å². The van der Waals surface area contributed by atoms with Crippen molar-refractivity contribution in [3.8, 4) is 0 Å². The molecule has 0 spiro atoms. The third-order valence-electron chi connectivity index (χ3n) is 0.328. The van der Waals surface area contributed by atoms with Crippen molar-refractivity contribution in [1.82, 2.24) is 0 Å². The molecular formula is C3H6O2Si. The monoisotopic (exact) mass is 102 g/mol. The third kappa shape index (κ3) is 3.69. The second kappa shape index (κ2) is 2.90. The Morgan fingerprint density at radius 2 is 2.50 bits per heavy atom. The molecule has 0 fully saturated rings. The van der Waals surface area contributed by atoms with Crippen LogP contribution in [0.4, 0.5) is 4.79 Å². The quantitative estimate of drug-likeness (QED) is 0.524. The molecule has 6 heavy (non-hydrogen) atoms. The fourth-order valence-corrected chi connectivity index (χ4v) is 0.454. The maximum atomic E-state index is 9.61. The predicted octanol–water partition coefficient (Wildman–Crippen LogP) is 0.807. The Kier molecular flexibility index (Phi) is 2.75. The molecule has 0 bridgehead atoms. The van der Waals surface area contributed by atoms with E-state index in [0.29, 0.717) is 0 Å². The van der Waals surface area contributed by atoms with Crippen LogP contribution in [0.5, 0.6) is 0 Å². The summed E-state index contributed by atoms with van der Waals surface area (Å²) in [6.07, 6.45) is 0. The minimum absolute atomic E-state index is 0.0880. The van der Waals surface area contributed by atoms with E-state index in [9.17, 15) is 4.79 Å². The molecule has 0 heterocycles. The van der Waals surface area contributed by atoms with Crippen LogP contribution in [0.15, 0.2) is 0 Å². The molecule has 0 amide bonds. The Balaban J connectivity index is 2.83. The summed E-state index contributed by atoms with van der Waals surface area (Å²) in [6, 6.07) is 0.759. The fourth-order valence-electron chi connectivity index (χ4n) is 0.151. The molecule has 0 aromatic heterocycles. The van der Waals surface area contributed by atoms with Gasteiger partial charge >= 0.3 is 0 Å². The van der Waals surface area contributed by atoms with Gasteiger partial charge in [0, 0.05) is 0 Å². The van der Waals surface area contributed by atoms with Crippen LogP contribution in [0.25, 0.3) is 0 Å². The molecule has 0 saturated carbocycles. The van der Waals surface area contributed by atoms with E-state index in [-0.39, 0.29) is 9.52 Å². The van der Waals surface area contributed by atoms with Gasteiger partial charge < -0.3 is 5.11 Å². The summed E-state index contributed by atoms with van der Waals surface area (Å²) in [4.78, 5) is 9.61. The van der Waals surface area contributed by atoms with Gasteiger partial charge in [-0.2, -0.15) is 0 Å². The predicted molar refractivity (Wildman–Crippen MR) is 24.3 cm³/mol. The van der Waals surface area contributed by atoms with Crippen LogP contribution in [0, 0.1) is 0 Å². The molecule has 0 aromatic carbocycles. The highest BCUT2D eigenvalue weighted by Gasteiger charge is 1.90. The highest BCUT2D eigenvalue weighted by atomic mass is 28.2. The van der Waals surface area contributed by atoms with Crippen molar-refractivity contribution in [3.63, 3.8) is 0 Å². The van der Waals surface area contributed by atoms with Crippen molar-refractivity contribution in [1.29, 1.82) is 0 Å². The Hall–Kier alpha value is -0.313. The average molecular weight is 102 g/mol. The molecule has 2 radical (unpaired) electrons. The molecule has 0 aliphatic rings. The maximum absolute atomic E-state index is 9.61. The zero-order chi connectivity index (χ0) is 4.99. The zero-order valence-corrected chi connectivity index (χ0v) is 4.56. The summed E-state index contributed by atoms with van der Waals surface area (Å²) < 4.78 is 0. The van der Waals surface area contributed by atoms with E-state index in [1.807, 2.05) is 6.92 Å². The van der Waals surface area contributed by atoms with E-state index in [0.717, 1.165) is 6.04 Å². The first kappa shape index (κ1) is 5.69. The topological polar surface area (TPSA) is 37.3 Å². The zero-order valence-electron chi connectivity index (χ0n) is 3.56. The van der Waals surface area contributed by atoms with E-state index >= 15 is 0 Å². The van der Waals surface area contributed by atoms with Crippen LogP contribution < -0.4 is 0 Å². The lowest BCUT2D eigenvalue weighted by Crippen LogP contribution is -2.01. The molecule has 0 saturated heterocycles. The number of carbonyl (C=O) groups is 1. The summed E-state index contributed by atoms with van der Waals surface area (Å²) in [5.74, 6) is 0. The minimum atomic E-state index is -0.683. The van der Waals surface area contributed by atoms with Gasteiger partial charge in [0.15, 0.2) is 9.52 Å². The third-order valence-corrected chi connectivity index (χ3v) is 0.984. The summed E-state index contributed by atoms with van der Waals surface area (Å²) in [6.45, 7) is 1.85. The first-order valence-electron chi connectivity index (χ1n) is 1.74. The first-order valence-corrected chi connectivity index (χ1v) is 2.95. The molecule has 0 atom stereocenters. The molecule has 3 heteroatoms. The average Bonchev–Trinajstić information content (AvgIpc) is 1.35. The SMILES string of the molecule is CC[Si]C(=O)O. The van der Waals surface area contributed by atoms with E-state index in [1.165, 1.54) is 0 Å². The Labute approximate surface area is 39.0 Å². The van der Waals surface area contributed by atoms with Crippen molar-refractivity contribution in [3.05, 3.63) is 0 Å². The van der Waals surface area contributed by atoms with E-state index < -0.39 is 5.59 Å². The van der Waals surface area contributed by atoms with Gasteiger partial charge in [0.25, 0.3) is 5.59 Å². The molecule has 0 aliphatic heterocycles. The molecule has 0 aromatic rings. The minimum Gasteiger partial charge on any atom is -0.486 e. The molecule has 0 aliphatic carbocycles. The van der Waals surface area contributed by atoms with Crippen LogP contribution >= 0.6 is 0 Å². The molecular weight excluding hydrogens is 96.1 g/mol. The van der Waals surface area contributed by atoms with Crippen LogP contribution in [0.2, 0.25) is 6.04 Å². The molecule has 2 nitrogen and oxygen atoms in total. The van der Waals surface area contributed by atoms with Crippen molar-refractivity contribution in [2.45, 2.75) is 13.0 Å². The summed E-state index contributed by atoms with van der Waals surface area (Å²) >= 11 is 0. The van der Waals surface area contributed by atoms with Gasteiger partial charge in [0.2, 0.25) is 0 Å². The van der Waals surface area contributed by atoms with Gasteiger partial charge in [-0.1, -0.05) is 13.0 Å². The normalized spacial score (nSPS) is 8.17. The summed E-state index contributed by atoms with van der Waals surface area (Å²) in [5.41, 5.74) is -0.683. The van der Waals surface area contributed by atoms with E-state index in [1.54, 1.807) is 0 Å². The van der Waals surface area contributed by atoms with E-state index in [2.05, 4.69) is 0 Å². The standard InChI is InChI=1S/C3H6O2Si/c1-2-6-3(4)5/h2H2,1H3,(H,4,5). The Bertz CT molecular complexity index is 52.8. The van der Waals surface area contributed by atoms with Gasteiger partial charge in [-0.15, -0.1) is 0 Å². The van der Waals surface area contributed by atoms with E-state index in [4.69, 9.17) is 5.11 Å². The van der Waals surface area contributed by atoms with Crippen molar-refractivity contribution in [2.75, 3.05) is 0 Å². The second-order valence-corrected chi connectivity index (χ2v) is 2.32. The lowest BCUT2D eigenvalue weighted by atomic mass is 11.0. The highest BCUT2D eigenvalue weighted by Crippen LogP contribution is 1.71. The molecule has 0 rings (SSSR count). The first-order chi connectivity index (χ1) is 2.77. The second-order valence-electron chi connectivity index (χ2n) is 0.835. The van der Waals surface area contributed by atoms with Crippen LogP contribution in [0.1, 0.15) is 6.92 Å².